The number of allylic oxidation sites excluding steroid dienone is 1. The average Bonchev–Trinajstić information content (AvgIpc) is 3.02. The minimum Gasteiger partial charge on any atom is -0.283 e. The van der Waals surface area contributed by atoms with Crippen LogP contribution in [0.2, 0.25) is 0 Å². The molecular weight excluding hydrogens is 451 g/mol. The second-order valence-electron chi connectivity index (χ2n) is 8.42. The van der Waals surface area contributed by atoms with E-state index in [9.17, 15) is 27.2 Å². The topological polar surface area (TPSA) is 98.3 Å². The van der Waals surface area contributed by atoms with Crippen LogP contribution in [0.15, 0.2) is 40.8 Å². The van der Waals surface area contributed by atoms with Gasteiger partial charge in [0.25, 0.3) is 0 Å². The van der Waals surface area contributed by atoms with Crippen molar-refractivity contribution < 1.29 is 27.2 Å². The molecule has 2 saturated heterocycles. The lowest BCUT2D eigenvalue weighted by molar-refractivity contribution is -0.144. The lowest BCUT2D eigenvalue weighted by atomic mass is 9.97. The molecule has 11 heteroatoms. The van der Waals surface area contributed by atoms with Crippen LogP contribution in [0, 0.1) is 5.82 Å². The van der Waals surface area contributed by atoms with Crippen LogP contribution in [0.3, 0.4) is 0 Å². The molecule has 0 spiro atoms. The van der Waals surface area contributed by atoms with Crippen molar-refractivity contribution in [1.82, 2.24) is 19.0 Å². The van der Waals surface area contributed by atoms with E-state index in [0.29, 0.717) is 6.42 Å². The second-order valence-corrected chi connectivity index (χ2v) is 10.3. The van der Waals surface area contributed by atoms with Crippen LogP contribution in [-0.4, -0.2) is 84.7 Å². The molecule has 1 aromatic carbocycles. The largest absolute Gasteiger partial charge is 0.335 e. The van der Waals surface area contributed by atoms with Gasteiger partial charge in [-0.3, -0.25) is 19.4 Å². The van der Waals surface area contributed by atoms with Gasteiger partial charge in [0.2, 0.25) is 10.0 Å². The number of carbonyl (C=O) groups is 3. The molecule has 9 nitrogen and oxygen atoms in total. The molecule has 2 aliphatic heterocycles. The van der Waals surface area contributed by atoms with Crippen molar-refractivity contribution >= 4 is 27.9 Å². The Hall–Kier alpha value is -2.63. The summed E-state index contributed by atoms with van der Waals surface area (Å²) in [5, 5.41) is 0. The Balaban J connectivity index is 1.34. The highest BCUT2D eigenvalue weighted by molar-refractivity contribution is 7.89. The highest BCUT2D eigenvalue weighted by Gasteiger charge is 2.45. The van der Waals surface area contributed by atoms with Crippen LogP contribution in [-0.2, 0) is 19.6 Å². The van der Waals surface area contributed by atoms with Gasteiger partial charge in [-0.1, -0.05) is 23.8 Å². The summed E-state index contributed by atoms with van der Waals surface area (Å²) in [6.45, 7) is 0.742. The first-order valence-electron chi connectivity index (χ1n) is 11.1. The van der Waals surface area contributed by atoms with Crippen LogP contribution in [0.1, 0.15) is 32.1 Å². The molecule has 0 bridgehead atoms. The van der Waals surface area contributed by atoms with E-state index in [-0.39, 0.29) is 44.3 Å². The van der Waals surface area contributed by atoms with Gasteiger partial charge in [0.15, 0.2) is 0 Å². The van der Waals surface area contributed by atoms with Crippen molar-refractivity contribution in [3.63, 3.8) is 0 Å². The van der Waals surface area contributed by atoms with Gasteiger partial charge in [-0.25, -0.2) is 22.5 Å². The first-order chi connectivity index (χ1) is 15.8. The van der Waals surface area contributed by atoms with Gasteiger partial charge in [-0.05, 0) is 44.2 Å². The van der Waals surface area contributed by atoms with Gasteiger partial charge in [0, 0.05) is 32.7 Å². The fourth-order valence-corrected chi connectivity index (χ4v) is 5.85. The predicted octanol–water partition coefficient (Wildman–Crippen LogP) is 1.77. The Morgan fingerprint density at radius 2 is 1.61 bits per heavy atom. The van der Waals surface area contributed by atoms with E-state index >= 15 is 0 Å². The first-order valence-corrected chi connectivity index (χ1v) is 12.6. The number of halogens is 1. The second kappa shape index (κ2) is 9.70. The van der Waals surface area contributed by atoms with Gasteiger partial charge >= 0.3 is 17.8 Å². The number of hydrogen-bond acceptors (Lipinski definition) is 6. The molecular formula is C22H27FN4O5S. The number of rotatable bonds is 7. The third kappa shape index (κ3) is 4.85. The SMILES string of the molecule is O=C1C(=O)N(CN2CCN(S(=O)(=O)c3ccccc3F)CC2)C(=O)N1CCC1=CCCCC1. The summed E-state index contributed by atoms with van der Waals surface area (Å²) in [4.78, 5) is 40.8. The molecule has 0 N–H and O–H groups in total. The molecule has 4 amide bonds. The fraction of sp³-hybridized carbons (Fsp3) is 0.500. The molecule has 0 saturated carbocycles. The predicted molar refractivity (Wildman–Crippen MR) is 117 cm³/mol. The molecule has 0 radical (unpaired) electrons. The van der Waals surface area contributed by atoms with Gasteiger partial charge in [-0.2, -0.15) is 4.31 Å². The minimum absolute atomic E-state index is 0.0820. The third-order valence-electron chi connectivity index (χ3n) is 6.30. The third-order valence-corrected chi connectivity index (χ3v) is 8.24. The number of amides is 4. The van der Waals surface area contributed by atoms with Gasteiger partial charge in [-0.15, -0.1) is 0 Å². The zero-order chi connectivity index (χ0) is 23.6. The van der Waals surface area contributed by atoms with E-state index in [4.69, 9.17) is 0 Å². The molecule has 0 atom stereocenters. The monoisotopic (exact) mass is 478 g/mol. The maximum absolute atomic E-state index is 14.0. The molecule has 178 valence electrons. The number of carbonyl (C=O) groups excluding carboxylic acids is 3. The Morgan fingerprint density at radius 1 is 0.909 bits per heavy atom. The Morgan fingerprint density at radius 3 is 2.27 bits per heavy atom. The van der Waals surface area contributed by atoms with Crippen LogP contribution < -0.4 is 0 Å². The highest BCUT2D eigenvalue weighted by atomic mass is 32.2. The number of nitrogens with zero attached hydrogens (tertiary/aromatic N) is 4. The summed E-state index contributed by atoms with van der Waals surface area (Å²) >= 11 is 0. The van der Waals surface area contributed by atoms with Crippen molar-refractivity contribution in [2.45, 2.75) is 37.0 Å². The normalized spacial score (nSPS) is 21.1. The van der Waals surface area contributed by atoms with Crippen LogP contribution >= 0.6 is 0 Å². The maximum atomic E-state index is 14.0. The Labute approximate surface area is 192 Å². The molecule has 0 aromatic heterocycles. The van der Waals surface area contributed by atoms with E-state index in [1.54, 1.807) is 4.90 Å². The summed E-state index contributed by atoms with van der Waals surface area (Å²) in [6.07, 6.45) is 6.91. The first kappa shape index (κ1) is 23.5. The number of urea groups is 1. The summed E-state index contributed by atoms with van der Waals surface area (Å²) < 4.78 is 40.7. The quantitative estimate of drug-likeness (QED) is 0.337. The van der Waals surface area contributed by atoms with Crippen LogP contribution in [0.25, 0.3) is 0 Å². The molecule has 1 aromatic rings. The highest BCUT2D eigenvalue weighted by Crippen LogP contribution is 2.23. The standard InChI is InChI=1S/C22H27FN4O5S/c23-18-8-4-5-9-19(18)33(31,32)25-14-12-24(13-15-25)16-27-21(29)20(28)26(22(27)30)11-10-17-6-2-1-3-7-17/h4-6,8-9H,1-3,7,10-16H2. The number of benzene rings is 1. The van der Waals surface area contributed by atoms with Crippen molar-refractivity contribution in [2.75, 3.05) is 39.4 Å². The van der Waals surface area contributed by atoms with Gasteiger partial charge in [0.1, 0.15) is 10.7 Å². The molecule has 2 fully saturated rings. The average molecular weight is 479 g/mol. The van der Waals surface area contributed by atoms with Crippen LogP contribution in [0.4, 0.5) is 9.18 Å². The van der Waals surface area contributed by atoms with E-state index in [1.807, 2.05) is 0 Å². The molecule has 4 rings (SSSR count). The zero-order valence-corrected chi connectivity index (χ0v) is 19.1. The molecule has 2 heterocycles. The number of imide groups is 2. The molecule has 3 aliphatic rings. The van der Waals surface area contributed by atoms with E-state index in [1.165, 1.54) is 28.1 Å². The fourth-order valence-electron chi connectivity index (χ4n) is 4.36. The number of hydrogen-bond donors (Lipinski definition) is 0. The summed E-state index contributed by atoms with van der Waals surface area (Å²) in [6, 6.07) is 4.57. The minimum atomic E-state index is -3.98. The van der Waals surface area contributed by atoms with E-state index in [0.717, 1.165) is 41.5 Å². The van der Waals surface area contributed by atoms with Crippen molar-refractivity contribution in [1.29, 1.82) is 0 Å². The maximum Gasteiger partial charge on any atom is 0.335 e. The smallest absolute Gasteiger partial charge is 0.283 e. The van der Waals surface area contributed by atoms with E-state index in [2.05, 4.69) is 6.08 Å². The van der Waals surface area contributed by atoms with Gasteiger partial charge < -0.3 is 0 Å². The van der Waals surface area contributed by atoms with E-state index < -0.39 is 33.7 Å². The molecule has 33 heavy (non-hydrogen) atoms. The lowest BCUT2D eigenvalue weighted by Gasteiger charge is -2.35. The van der Waals surface area contributed by atoms with Gasteiger partial charge in [0.05, 0.1) is 6.67 Å². The summed E-state index contributed by atoms with van der Waals surface area (Å²) in [7, 11) is -3.98. The number of piperazine rings is 1. The van der Waals surface area contributed by atoms with Crippen LogP contribution in [0.5, 0.6) is 0 Å². The van der Waals surface area contributed by atoms with Crippen molar-refractivity contribution in [3.8, 4) is 0 Å². The summed E-state index contributed by atoms with van der Waals surface area (Å²) in [5.41, 5.74) is 1.21. The molecule has 1 aliphatic carbocycles. The van der Waals surface area contributed by atoms with Crippen molar-refractivity contribution in [3.05, 3.63) is 41.7 Å². The number of sulfonamides is 1. The zero-order valence-electron chi connectivity index (χ0n) is 18.3. The Bertz CT molecular complexity index is 1080. The molecule has 0 unspecified atom stereocenters. The Kier molecular flexibility index (Phi) is 6.91. The lowest BCUT2D eigenvalue weighted by Crippen LogP contribution is -2.52. The summed E-state index contributed by atoms with van der Waals surface area (Å²) in [5.74, 6) is -2.49. The van der Waals surface area contributed by atoms with Crippen molar-refractivity contribution in [2.24, 2.45) is 0 Å².